The first-order valence-electron chi connectivity index (χ1n) is 9.08. The molecular formula is C20H19BrF2N2O5. The van der Waals surface area contributed by atoms with Gasteiger partial charge >= 0.3 is 5.97 Å². The van der Waals surface area contributed by atoms with Gasteiger partial charge in [0, 0.05) is 23.6 Å². The number of aliphatic carboxylic acids is 1. The molecule has 1 aliphatic heterocycles. The van der Waals surface area contributed by atoms with Crippen molar-refractivity contribution >= 4 is 33.5 Å². The number of nitrogens with zero attached hydrogens (tertiary/aromatic N) is 2. The van der Waals surface area contributed by atoms with Gasteiger partial charge in [0.2, 0.25) is 0 Å². The second-order valence-corrected chi connectivity index (χ2v) is 7.45. The van der Waals surface area contributed by atoms with Crippen molar-refractivity contribution in [3.05, 3.63) is 57.8 Å². The molecule has 10 heteroatoms. The largest absolute Gasteiger partial charge is 0.481 e. The Labute approximate surface area is 179 Å². The molecule has 0 radical (unpaired) electrons. The van der Waals surface area contributed by atoms with Crippen LogP contribution >= 0.6 is 15.9 Å². The van der Waals surface area contributed by atoms with Crippen LogP contribution in [0.15, 0.2) is 40.9 Å². The zero-order valence-electron chi connectivity index (χ0n) is 15.8. The Balaban J connectivity index is 1.90. The number of rotatable bonds is 7. The summed E-state index contributed by atoms with van der Waals surface area (Å²) in [6.45, 7) is 0.443. The van der Waals surface area contributed by atoms with Gasteiger partial charge in [-0.3, -0.25) is 4.79 Å². The fourth-order valence-corrected chi connectivity index (χ4v) is 3.23. The molecule has 0 bridgehead atoms. The van der Waals surface area contributed by atoms with Crippen LogP contribution in [0.2, 0.25) is 0 Å². The average molecular weight is 485 g/mol. The summed E-state index contributed by atoms with van der Waals surface area (Å²) in [4.78, 5) is 25.3. The van der Waals surface area contributed by atoms with Gasteiger partial charge in [-0.05, 0) is 23.8 Å². The molecule has 1 heterocycles. The molecule has 1 saturated heterocycles. The Kier molecular flexibility index (Phi) is 7.22. The van der Waals surface area contributed by atoms with Gasteiger partial charge in [-0.15, -0.1) is 0 Å². The van der Waals surface area contributed by atoms with Gasteiger partial charge in [-0.25, -0.2) is 9.18 Å². The monoisotopic (exact) mass is 484 g/mol. The van der Waals surface area contributed by atoms with E-state index in [2.05, 4.69) is 15.9 Å². The van der Waals surface area contributed by atoms with Gasteiger partial charge < -0.3 is 19.5 Å². The minimum absolute atomic E-state index is 0.0206. The maximum Gasteiger partial charge on any atom is 0.341 e. The van der Waals surface area contributed by atoms with Crippen LogP contribution in [-0.4, -0.2) is 55.0 Å². The van der Waals surface area contributed by atoms with E-state index in [1.165, 1.54) is 6.07 Å². The molecule has 30 heavy (non-hydrogen) atoms. The minimum atomic E-state index is -1.31. The van der Waals surface area contributed by atoms with E-state index in [1.54, 1.807) is 29.2 Å². The fourth-order valence-electron chi connectivity index (χ4n) is 2.97. The Hall–Kier alpha value is -2.72. The molecule has 0 atom stereocenters. The molecule has 160 valence electrons. The van der Waals surface area contributed by atoms with Gasteiger partial charge in [0.15, 0.2) is 6.61 Å². The van der Waals surface area contributed by atoms with Crippen molar-refractivity contribution in [3.8, 4) is 5.75 Å². The highest BCUT2D eigenvalue weighted by molar-refractivity contribution is 9.10. The lowest BCUT2D eigenvalue weighted by Crippen LogP contribution is -2.37. The van der Waals surface area contributed by atoms with E-state index in [0.29, 0.717) is 31.9 Å². The normalized spacial score (nSPS) is 13.8. The maximum absolute atomic E-state index is 14.7. The number of anilines is 1. The molecule has 0 aromatic heterocycles. The van der Waals surface area contributed by atoms with Gasteiger partial charge in [0.05, 0.1) is 31.0 Å². The number of hydrogen-bond acceptors (Lipinski definition) is 5. The lowest BCUT2D eigenvalue weighted by atomic mass is 10.1. The van der Waals surface area contributed by atoms with Crippen LogP contribution in [0.25, 0.3) is 0 Å². The molecule has 0 unspecified atom stereocenters. The standard InChI is InChI=1S/C20H19BrF2N2O5/c21-14-3-1-13(2-4-14)11-25(23)20(28)15-9-17(24-5-7-29-8-6-24)16(22)10-18(15)30-12-19(26)27/h1-4,9-10H,5-8,11-12H2,(H,26,27). The number of amides is 1. The topological polar surface area (TPSA) is 79.3 Å². The highest BCUT2D eigenvalue weighted by Crippen LogP contribution is 2.31. The molecule has 1 amide bonds. The molecule has 1 N–H and O–H groups in total. The summed E-state index contributed by atoms with van der Waals surface area (Å²) in [5.74, 6) is -3.41. The predicted octanol–water partition coefficient (Wildman–Crippen LogP) is 3.42. The number of hydrogen-bond donors (Lipinski definition) is 1. The number of carboxylic acid groups (broad SMARTS) is 1. The summed E-state index contributed by atoms with van der Waals surface area (Å²) in [6, 6.07) is 8.82. The molecule has 3 rings (SSSR count). The molecule has 2 aromatic carbocycles. The molecule has 7 nitrogen and oxygen atoms in total. The van der Waals surface area contributed by atoms with Crippen LogP contribution < -0.4 is 9.64 Å². The molecule has 0 aliphatic carbocycles. The van der Waals surface area contributed by atoms with Crippen molar-refractivity contribution in [1.82, 2.24) is 5.12 Å². The van der Waals surface area contributed by atoms with E-state index in [0.717, 1.165) is 10.5 Å². The first-order valence-corrected chi connectivity index (χ1v) is 9.87. The highest BCUT2D eigenvalue weighted by Gasteiger charge is 2.25. The second kappa shape index (κ2) is 9.86. The van der Waals surface area contributed by atoms with E-state index in [-0.39, 0.29) is 28.7 Å². The van der Waals surface area contributed by atoms with Gasteiger partial charge in [-0.2, -0.15) is 5.12 Å². The van der Waals surface area contributed by atoms with Gasteiger partial charge in [-0.1, -0.05) is 32.5 Å². The number of morpholine rings is 1. The Morgan fingerprint density at radius 2 is 1.87 bits per heavy atom. The summed E-state index contributed by atoms with van der Waals surface area (Å²) in [6.07, 6.45) is 0. The summed E-state index contributed by atoms with van der Waals surface area (Å²) in [5.41, 5.74) is 0.373. The SMILES string of the molecule is O=C(O)COc1cc(F)c(N2CCOCC2)cc1C(=O)N(F)Cc1ccc(Br)cc1. The zero-order valence-corrected chi connectivity index (χ0v) is 17.4. The summed E-state index contributed by atoms with van der Waals surface area (Å²) >= 11 is 3.28. The number of benzene rings is 2. The van der Waals surface area contributed by atoms with E-state index >= 15 is 0 Å². The minimum Gasteiger partial charge on any atom is -0.481 e. The smallest absolute Gasteiger partial charge is 0.341 e. The Bertz CT molecular complexity index is 920. The third-order valence-electron chi connectivity index (χ3n) is 4.44. The van der Waals surface area contributed by atoms with E-state index in [4.69, 9.17) is 14.6 Å². The van der Waals surface area contributed by atoms with Crippen LogP contribution in [0.4, 0.5) is 14.6 Å². The van der Waals surface area contributed by atoms with Crippen LogP contribution in [0.1, 0.15) is 15.9 Å². The Morgan fingerprint density at radius 1 is 1.20 bits per heavy atom. The van der Waals surface area contributed by atoms with Gasteiger partial charge in [0.25, 0.3) is 5.91 Å². The van der Waals surface area contributed by atoms with Crippen molar-refractivity contribution < 1.29 is 33.0 Å². The molecular weight excluding hydrogens is 466 g/mol. The van der Waals surface area contributed by atoms with Crippen molar-refractivity contribution in [2.24, 2.45) is 0 Å². The molecule has 2 aromatic rings. The third kappa shape index (κ3) is 5.45. The quantitative estimate of drug-likeness (QED) is 0.606. The molecule has 0 spiro atoms. The van der Waals surface area contributed by atoms with Crippen molar-refractivity contribution in [1.29, 1.82) is 0 Å². The average Bonchev–Trinajstić information content (AvgIpc) is 2.74. The fraction of sp³-hybridized carbons (Fsp3) is 0.300. The van der Waals surface area contributed by atoms with Crippen molar-refractivity contribution in [3.63, 3.8) is 0 Å². The number of ether oxygens (including phenoxy) is 2. The van der Waals surface area contributed by atoms with E-state index < -0.39 is 24.3 Å². The van der Waals surface area contributed by atoms with Crippen molar-refractivity contribution in [2.75, 3.05) is 37.8 Å². The van der Waals surface area contributed by atoms with Crippen LogP contribution in [-0.2, 0) is 16.1 Å². The lowest BCUT2D eigenvalue weighted by molar-refractivity contribution is -0.139. The van der Waals surface area contributed by atoms with Crippen LogP contribution in [0, 0.1) is 5.82 Å². The van der Waals surface area contributed by atoms with Crippen LogP contribution in [0.5, 0.6) is 5.75 Å². The summed E-state index contributed by atoms with van der Waals surface area (Å²) in [7, 11) is 0. The highest BCUT2D eigenvalue weighted by atomic mass is 79.9. The van der Waals surface area contributed by atoms with E-state index in [1.807, 2.05) is 0 Å². The van der Waals surface area contributed by atoms with Crippen molar-refractivity contribution in [2.45, 2.75) is 6.54 Å². The van der Waals surface area contributed by atoms with E-state index in [9.17, 15) is 18.5 Å². The summed E-state index contributed by atoms with van der Waals surface area (Å²) < 4.78 is 40.5. The van der Waals surface area contributed by atoms with Gasteiger partial charge in [0.1, 0.15) is 11.6 Å². The molecule has 0 saturated carbocycles. The number of halogens is 3. The number of carboxylic acids is 1. The Morgan fingerprint density at radius 3 is 2.50 bits per heavy atom. The molecule has 1 aliphatic rings. The maximum atomic E-state index is 14.7. The summed E-state index contributed by atoms with van der Waals surface area (Å²) in [5, 5.41) is 8.82. The number of carbonyl (C=O) groups is 2. The van der Waals surface area contributed by atoms with Crippen LogP contribution in [0.3, 0.4) is 0 Å². The zero-order chi connectivity index (χ0) is 21.7. The number of carbonyl (C=O) groups excluding carboxylic acids is 1. The second-order valence-electron chi connectivity index (χ2n) is 6.53. The lowest BCUT2D eigenvalue weighted by Gasteiger charge is -2.30. The first-order chi connectivity index (χ1) is 14.3. The first kappa shape index (κ1) is 22.0. The predicted molar refractivity (Wildman–Crippen MR) is 108 cm³/mol. The molecule has 1 fully saturated rings. The third-order valence-corrected chi connectivity index (χ3v) is 4.97.